The number of ether oxygens (including phenoxy) is 1. The summed E-state index contributed by atoms with van der Waals surface area (Å²) >= 11 is 0. The third-order valence-electron chi connectivity index (χ3n) is 5.31. The molecule has 3 rings (SSSR count). The number of carbonyl (C=O) groups excluding carboxylic acids is 1. The zero-order valence-electron chi connectivity index (χ0n) is 12.7. The topological polar surface area (TPSA) is 63.6 Å². The predicted molar refractivity (Wildman–Crippen MR) is 81.0 cm³/mol. The predicted octanol–water partition coefficient (Wildman–Crippen LogP) is 3.40. The van der Waals surface area contributed by atoms with E-state index in [0.717, 1.165) is 44.1 Å². The van der Waals surface area contributed by atoms with E-state index in [0.29, 0.717) is 6.61 Å². The van der Waals surface area contributed by atoms with Crippen molar-refractivity contribution in [2.24, 2.45) is 17.3 Å². The zero-order valence-corrected chi connectivity index (χ0v) is 12.7. The summed E-state index contributed by atoms with van der Waals surface area (Å²) in [6, 6.07) is 9.70. The van der Waals surface area contributed by atoms with Gasteiger partial charge in [-0.2, -0.15) is 0 Å². The van der Waals surface area contributed by atoms with Gasteiger partial charge in [-0.05, 0) is 49.5 Å². The Morgan fingerprint density at radius 3 is 2.32 bits per heavy atom. The third-order valence-corrected chi connectivity index (χ3v) is 5.31. The fourth-order valence-electron chi connectivity index (χ4n) is 3.88. The number of carboxylic acids is 1. The number of rotatable bonds is 4. The van der Waals surface area contributed by atoms with Crippen LogP contribution in [0.3, 0.4) is 0 Å². The lowest BCUT2D eigenvalue weighted by atomic mass is 9.54. The molecule has 0 saturated heterocycles. The van der Waals surface area contributed by atoms with Crippen LogP contribution in [0, 0.1) is 17.3 Å². The van der Waals surface area contributed by atoms with Gasteiger partial charge in [-0.1, -0.05) is 30.3 Å². The summed E-state index contributed by atoms with van der Waals surface area (Å²) < 4.78 is 5.39. The summed E-state index contributed by atoms with van der Waals surface area (Å²) in [7, 11) is 0. The fourth-order valence-corrected chi connectivity index (χ4v) is 3.88. The van der Waals surface area contributed by atoms with Gasteiger partial charge in [0.15, 0.2) is 0 Å². The number of aliphatic carboxylic acids is 1. The van der Waals surface area contributed by atoms with Crippen LogP contribution < -0.4 is 0 Å². The van der Waals surface area contributed by atoms with Crippen LogP contribution in [0.1, 0.15) is 44.1 Å². The average molecular weight is 302 g/mol. The van der Waals surface area contributed by atoms with Crippen LogP contribution in [0.25, 0.3) is 0 Å². The minimum atomic E-state index is -0.673. The lowest BCUT2D eigenvalue weighted by molar-refractivity contribution is -0.162. The van der Waals surface area contributed by atoms with Crippen LogP contribution in [0.5, 0.6) is 0 Å². The van der Waals surface area contributed by atoms with Crippen LogP contribution in [-0.4, -0.2) is 17.0 Å². The van der Waals surface area contributed by atoms with Crippen molar-refractivity contribution >= 4 is 11.9 Å². The van der Waals surface area contributed by atoms with E-state index in [9.17, 15) is 9.59 Å². The fraction of sp³-hybridized carbons (Fsp3) is 0.556. The highest BCUT2D eigenvalue weighted by atomic mass is 16.5. The van der Waals surface area contributed by atoms with Gasteiger partial charge >= 0.3 is 11.9 Å². The summed E-state index contributed by atoms with van der Waals surface area (Å²) in [4.78, 5) is 23.1. The molecule has 4 nitrogen and oxygen atoms in total. The summed E-state index contributed by atoms with van der Waals surface area (Å²) in [5.74, 6) is -0.956. The molecule has 1 N–H and O–H groups in total. The molecule has 0 atom stereocenters. The van der Waals surface area contributed by atoms with Crippen LogP contribution in [-0.2, 0) is 20.9 Å². The number of carboxylic acid groups (broad SMARTS) is 1. The minimum absolute atomic E-state index is 0.00471. The van der Waals surface area contributed by atoms with Crippen LogP contribution in [0.2, 0.25) is 0 Å². The number of carbonyl (C=O) groups is 2. The van der Waals surface area contributed by atoms with Crippen molar-refractivity contribution in [3.63, 3.8) is 0 Å². The first kappa shape index (κ1) is 15.1. The highest BCUT2D eigenvalue weighted by Crippen LogP contribution is 2.56. The molecule has 0 aliphatic heterocycles. The lowest BCUT2D eigenvalue weighted by Crippen LogP contribution is -2.44. The molecule has 2 fully saturated rings. The van der Waals surface area contributed by atoms with Gasteiger partial charge in [0.2, 0.25) is 0 Å². The van der Waals surface area contributed by atoms with Gasteiger partial charge < -0.3 is 9.84 Å². The highest BCUT2D eigenvalue weighted by Gasteiger charge is 2.49. The largest absolute Gasteiger partial charge is 0.481 e. The second-order valence-corrected chi connectivity index (χ2v) is 6.81. The van der Waals surface area contributed by atoms with Gasteiger partial charge in [-0.15, -0.1) is 0 Å². The standard InChI is InChI=1S/C18H22O4/c19-16(20)14-6-8-18(9-7-14)10-15(11-18)17(21)22-12-13-4-2-1-3-5-13/h1-5,14-15H,6-12H2,(H,19,20). The van der Waals surface area contributed by atoms with E-state index >= 15 is 0 Å². The molecule has 2 aliphatic carbocycles. The zero-order chi connectivity index (χ0) is 15.6. The molecule has 2 saturated carbocycles. The maximum Gasteiger partial charge on any atom is 0.309 e. The number of esters is 1. The summed E-state index contributed by atoms with van der Waals surface area (Å²) in [5.41, 5.74) is 1.22. The van der Waals surface area contributed by atoms with Gasteiger partial charge in [0.05, 0.1) is 11.8 Å². The van der Waals surface area contributed by atoms with Gasteiger partial charge in [0, 0.05) is 0 Å². The Morgan fingerprint density at radius 2 is 1.73 bits per heavy atom. The molecule has 2 aliphatic rings. The number of hydrogen-bond acceptors (Lipinski definition) is 3. The Bertz CT molecular complexity index is 535. The first-order valence-electron chi connectivity index (χ1n) is 8.01. The van der Waals surface area contributed by atoms with Gasteiger partial charge in [0.1, 0.15) is 6.61 Å². The van der Waals surface area contributed by atoms with E-state index in [-0.39, 0.29) is 23.2 Å². The lowest BCUT2D eigenvalue weighted by Gasteiger charge is -2.50. The third kappa shape index (κ3) is 3.16. The minimum Gasteiger partial charge on any atom is -0.481 e. The quantitative estimate of drug-likeness (QED) is 0.866. The second-order valence-electron chi connectivity index (χ2n) is 6.81. The Balaban J connectivity index is 1.43. The van der Waals surface area contributed by atoms with Crippen LogP contribution in [0.15, 0.2) is 30.3 Å². The van der Waals surface area contributed by atoms with E-state index in [1.807, 2.05) is 30.3 Å². The smallest absolute Gasteiger partial charge is 0.309 e. The molecule has 1 aromatic rings. The number of hydrogen-bond donors (Lipinski definition) is 1. The van der Waals surface area contributed by atoms with E-state index in [1.165, 1.54) is 0 Å². The SMILES string of the molecule is O=C(O)C1CCC2(CC1)CC(C(=O)OCc1ccccc1)C2. The second kappa shape index (κ2) is 6.11. The van der Waals surface area contributed by atoms with Crippen LogP contribution in [0.4, 0.5) is 0 Å². The van der Waals surface area contributed by atoms with Gasteiger partial charge in [0.25, 0.3) is 0 Å². The molecule has 22 heavy (non-hydrogen) atoms. The first-order chi connectivity index (χ1) is 10.6. The molecule has 0 bridgehead atoms. The van der Waals surface area contributed by atoms with Crippen molar-refractivity contribution in [3.05, 3.63) is 35.9 Å². The Labute approximate surface area is 130 Å². The van der Waals surface area contributed by atoms with E-state index in [1.54, 1.807) is 0 Å². The monoisotopic (exact) mass is 302 g/mol. The molecule has 1 spiro atoms. The van der Waals surface area contributed by atoms with Crippen molar-refractivity contribution in [1.29, 1.82) is 0 Å². The van der Waals surface area contributed by atoms with Crippen molar-refractivity contribution < 1.29 is 19.4 Å². The highest BCUT2D eigenvalue weighted by molar-refractivity contribution is 5.74. The van der Waals surface area contributed by atoms with Crippen molar-refractivity contribution in [2.75, 3.05) is 0 Å². The molecular formula is C18H22O4. The molecule has 0 amide bonds. The first-order valence-corrected chi connectivity index (χ1v) is 8.01. The molecule has 0 aromatic heterocycles. The summed E-state index contributed by atoms with van der Waals surface area (Å²) in [6.45, 7) is 0.338. The molecule has 0 heterocycles. The van der Waals surface area contributed by atoms with Crippen LogP contribution >= 0.6 is 0 Å². The normalized spacial score (nSPS) is 30.5. The molecular weight excluding hydrogens is 280 g/mol. The Morgan fingerprint density at radius 1 is 1.09 bits per heavy atom. The molecule has 0 radical (unpaired) electrons. The molecule has 1 aromatic carbocycles. The van der Waals surface area contributed by atoms with Gasteiger partial charge in [-0.25, -0.2) is 0 Å². The van der Waals surface area contributed by atoms with Crippen molar-refractivity contribution in [3.8, 4) is 0 Å². The van der Waals surface area contributed by atoms with Crippen molar-refractivity contribution in [2.45, 2.75) is 45.1 Å². The maximum absolute atomic E-state index is 12.1. The summed E-state index contributed by atoms with van der Waals surface area (Å²) in [6.07, 6.45) is 5.11. The Hall–Kier alpha value is -1.84. The van der Waals surface area contributed by atoms with Crippen molar-refractivity contribution in [1.82, 2.24) is 0 Å². The van der Waals surface area contributed by atoms with Gasteiger partial charge in [-0.3, -0.25) is 9.59 Å². The van der Waals surface area contributed by atoms with E-state index < -0.39 is 5.97 Å². The molecule has 4 heteroatoms. The summed E-state index contributed by atoms with van der Waals surface area (Å²) in [5, 5.41) is 9.04. The Kier molecular flexibility index (Phi) is 4.19. The van der Waals surface area contributed by atoms with E-state index in [2.05, 4.69) is 0 Å². The average Bonchev–Trinajstić information content (AvgIpc) is 2.51. The molecule has 0 unspecified atom stereocenters. The molecule has 118 valence electrons. The van der Waals surface area contributed by atoms with E-state index in [4.69, 9.17) is 9.84 Å². The maximum atomic E-state index is 12.1. The number of benzene rings is 1.